The molecule has 4 rings (SSSR count). The molecule has 0 saturated carbocycles. The summed E-state index contributed by atoms with van der Waals surface area (Å²) in [6, 6.07) is 5.19. The molecule has 0 aliphatic carbocycles. The van der Waals surface area contributed by atoms with Gasteiger partial charge in [0.05, 0.1) is 1.37 Å². The van der Waals surface area contributed by atoms with Crippen molar-refractivity contribution < 1.29 is 34.8 Å². The van der Waals surface area contributed by atoms with Crippen LogP contribution in [-0.4, -0.2) is 34.4 Å². The molecule has 3 atom stereocenters. The van der Waals surface area contributed by atoms with Crippen molar-refractivity contribution in [2.45, 2.75) is 44.1 Å². The number of carbonyl (C=O) groups excluding carboxylic acids is 4. The van der Waals surface area contributed by atoms with Crippen LogP contribution in [0.25, 0.3) is 0 Å². The van der Waals surface area contributed by atoms with Crippen LogP contribution in [-0.2, 0) is 33.2 Å². The summed E-state index contributed by atoms with van der Waals surface area (Å²) in [5.41, 5.74) is -0.726. The zero-order chi connectivity index (χ0) is 27.5. The zero-order valence-electron chi connectivity index (χ0n) is 21.3. The van der Waals surface area contributed by atoms with Crippen molar-refractivity contribution >= 4 is 35.1 Å². The quantitative estimate of drug-likeness (QED) is 0.663. The number of aryl methyl sites for hydroxylation is 1. The van der Waals surface area contributed by atoms with Crippen LogP contribution in [0.1, 0.15) is 53.1 Å². The lowest BCUT2D eigenvalue weighted by Crippen LogP contribution is -2.52. The number of nitrogens with zero attached hydrogens (tertiary/aromatic N) is 1. The van der Waals surface area contributed by atoms with Gasteiger partial charge in [0.25, 0.3) is 5.91 Å². The van der Waals surface area contributed by atoms with E-state index in [0.717, 1.165) is 18.2 Å². The number of ketones is 1. The van der Waals surface area contributed by atoms with Crippen molar-refractivity contribution in [3.63, 3.8) is 0 Å². The summed E-state index contributed by atoms with van der Waals surface area (Å²) < 4.78 is 70.3. The van der Waals surface area contributed by atoms with E-state index in [0.29, 0.717) is 4.90 Å². The molecule has 1 fully saturated rings. The van der Waals surface area contributed by atoms with Crippen molar-refractivity contribution in [1.29, 1.82) is 0 Å². The molecular weight excluding hydrogens is 442 g/mol. The fraction of sp³-hybridized carbons (Fsp3) is 0.304. The Morgan fingerprint density at radius 1 is 1.25 bits per heavy atom. The molecule has 2 aliphatic rings. The maximum absolute atomic E-state index is 14.7. The second kappa shape index (κ2) is 8.43. The number of fused-ring (bicyclic) bond motifs is 1. The second-order valence-electron chi connectivity index (χ2n) is 7.16. The maximum Gasteiger partial charge on any atom is 0.330 e. The Kier molecular flexibility index (Phi) is 4.34. The van der Waals surface area contributed by atoms with Gasteiger partial charge in [0.15, 0.2) is 0 Å². The number of hydrogen-bond acceptors (Lipinski definition) is 4. The lowest BCUT2D eigenvalue weighted by Gasteiger charge is -2.29. The molecule has 0 aromatic heterocycles. The van der Waals surface area contributed by atoms with Crippen LogP contribution in [0.3, 0.4) is 0 Å². The summed E-state index contributed by atoms with van der Waals surface area (Å²) in [5, 5.41) is 2.01. The third kappa shape index (κ3) is 4.14. The van der Waals surface area contributed by atoms with Gasteiger partial charge in [0.2, 0.25) is 17.6 Å². The number of amides is 3. The van der Waals surface area contributed by atoms with Crippen LogP contribution in [0.2, 0.25) is 5.02 Å². The first kappa shape index (κ1) is 16.5. The van der Waals surface area contributed by atoms with Gasteiger partial charge in [-0.15, -0.1) is 0 Å². The van der Waals surface area contributed by atoms with Crippen LogP contribution < -0.4 is 5.32 Å². The monoisotopic (exact) mass is 465 g/mol. The molecule has 2 heterocycles. The van der Waals surface area contributed by atoms with E-state index in [2.05, 4.69) is 0 Å². The van der Waals surface area contributed by atoms with E-state index < -0.39 is 73.1 Å². The summed E-state index contributed by atoms with van der Waals surface area (Å²) >= 11 is 5.70. The molecule has 6 nitrogen and oxygen atoms in total. The maximum atomic E-state index is 14.7. The molecule has 0 spiro atoms. The Morgan fingerprint density at radius 2 is 1.97 bits per heavy atom. The van der Waals surface area contributed by atoms with E-state index in [1.165, 1.54) is 24.3 Å². The summed E-state index contributed by atoms with van der Waals surface area (Å²) in [7, 11) is 0. The number of nitrogens with one attached hydrogen (secondary N) is 1. The minimum Gasteiger partial charge on any atom is -0.322 e. The van der Waals surface area contributed by atoms with Crippen LogP contribution in [0, 0.1) is 0 Å². The minimum atomic E-state index is -3.99. The highest BCUT2D eigenvalue weighted by molar-refractivity contribution is 6.30. The Labute approximate surface area is 194 Å². The summed E-state index contributed by atoms with van der Waals surface area (Å²) in [5.74, 6) is -8.82. The number of piperidine rings is 1. The molecule has 2 aromatic carbocycles. The molecule has 1 N–H and O–H groups in total. The predicted molar refractivity (Wildman–Crippen MR) is 111 cm³/mol. The van der Waals surface area contributed by atoms with E-state index in [1.54, 1.807) is 0 Å². The molecule has 32 heavy (non-hydrogen) atoms. The second-order valence-corrected chi connectivity index (χ2v) is 7.59. The van der Waals surface area contributed by atoms with Crippen LogP contribution >= 0.6 is 11.6 Å². The molecule has 2 aromatic rings. The highest BCUT2D eigenvalue weighted by Crippen LogP contribution is 2.32. The molecular formula is C23H19ClF2N2O4. The first-order valence-electron chi connectivity index (χ1n) is 12.1. The highest BCUT2D eigenvalue weighted by atomic mass is 35.5. The molecule has 1 saturated heterocycles. The standard InChI is InChI=1S/C23H19ClF2N2O4/c24-16-5-3-15(4-6-16)23(25,26)19(29)9-2-13-1-7-17-14(11-13)12-28(22(17)32)18-8-10-20(30)27-21(18)31/h1,3-7,11,18H,2,8-10,12H2,(H,27,30,31)/t18-/m0/s1/i2D2,8D,10D,18D/t8?,10?,18-. The Bertz CT molecular complexity index is 1330. The van der Waals surface area contributed by atoms with Crippen molar-refractivity contribution in [1.82, 2.24) is 10.2 Å². The number of hydrogen-bond donors (Lipinski definition) is 1. The SMILES string of the molecule is [2H]C1C(=O)NC(=O)[C@@]([2H])(N2Cc3cc(C([2H])([2H])CC(=O)C(F)(F)c4ccc(Cl)cc4)ccc3C2=O)C1[2H]. The van der Waals surface area contributed by atoms with Crippen LogP contribution in [0.5, 0.6) is 0 Å². The average molecular weight is 466 g/mol. The zero-order valence-corrected chi connectivity index (χ0v) is 17.1. The lowest BCUT2D eigenvalue weighted by atomic mass is 9.97. The average Bonchev–Trinajstić information content (AvgIpc) is 3.17. The number of imide groups is 1. The third-order valence-electron chi connectivity index (χ3n) is 5.07. The van der Waals surface area contributed by atoms with Gasteiger partial charge in [-0.05, 0) is 42.1 Å². The van der Waals surface area contributed by atoms with Crippen molar-refractivity contribution in [3.8, 4) is 0 Å². The minimum absolute atomic E-state index is 0.0255. The molecule has 2 aliphatic heterocycles. The largest absolute Gasteiger partial charge is 0.330 e. The van der Waals surface area contributed by atoms with E-state index in [1.807, 2.05) is 5.32 Å². The van der Waals surface area contributed by atoms with Gasteiger partial charge in [-0.2, -0.15) is 8.78 Å². The first-order valence-corrected chi connectivity index (χ1v) is 9.81. The fourth-order valence-corrected chi connectivity index (χ4v) is 3.53. The van der Waals surface area contributed by atoms with E-state index >= 15 is 0 Å². The number of Topliss-reactive ketones (excluding diaryl/α,β-unsaturated/α-hetero) is 1. The van der Waals surface area contributed by atoms with E-state index in [9.17, 15) is 28.0 Å². The fourth-order valence-electron chi connectivity index (χ4n) is 3.40. The summed E-state index contributed by atoms with van der Waals surface area (Å²) in [4.78, 5) is 50.2. The Morgan fingerprint density at radius 3 is 2.69 bits per heavy atom. The van der Waals surface area contributed by atoms with E-state index in [-0.39, 0.29) is 21.7 Å². The number of carbonyl (C=O) groups is 4. The number of benzene rings is 2. The smallest absolute Gasteiger partial charge is 0.322 e. The van der Waals surface area contributed by atoms with Crippen LogP contribution in [0.15, 0.2) is 42.5 Å². The number of alkyl halides is 2. The number of rotatable bonds is 6. The molecule has 166 valence electrons. The molecule has 2 unspecified atom stereocenters. The summed E-state index contributed by atoms with van der Waals surface area (Å²) in [6.45, 7) is -0.430. The first-order chi connectivity index (χ1) is 17.1. The van der Waals surface area contributed by atoms with Gasteiger partial charge in [-0.3, -0.25) is 24.5 Å². The topological polar surface area (TPSA) is 83.6 Å². The molecule has 3 amide bonds. The molecule has 0 bridgehead atoms. The number of halogens is 3. The van der Waals surface area contributed by atoms with Gasteiger partial charge in [0.1, 0.15) is 6.02 Å². The summed E-state index contributed by atoms with van der Waals surface area (Å²) in [6.07, 6.45) is -7.48. The Hall–Kier alpha value is -3.13. The van der Waals surface area contributed by atoms with Crippen molar-refractivity contribution in [2.24, 2.45) is 0 Å². The van der Waals surface area contributed by atoms with E-state index in [4.69, 9.17) is 18.5 Å². The highest BCUT2D eigenvalue weighted by Gasteiger charge is 2.41. The lowest BCUT2D eigenvalue weighted by molar-refractivity contribution is -0.144. The predicted octanol–water partition coefficient (Wildman–Crippen LogP) is 3.39. The van der Waals surface area contributed by atoms with Gasteiger partial charge in [0, 0.05) is 41.0 Å². The van der Waals surface area contributed by atoms with Gasteiger partial charge < -0.3 is 4.90 Å². The molecule has 9 heteroatoms. The van der Waals surface area contributed by atoms with Gasteiger partial charge in [-0.1, -0.05) is 35.9 Å². The van der Waals surface area contributed by atoms with Crippen molar-refractivity contribution in [3.05, 3.63) is 69.7 Å². The normalized spacial score (nSPS) is 28.2. The van der Waals surface area contributed by atoms with Gasteiger partial charge in [-0.25, -0.2) is 0 Å². The third-order valence-corrected chi connectivity index (χ3v) is 5.32. The Balaban J connectivity index is 1.59. The van der Waals surface area contributed by atoms with Gasteiger partial charge >= 0.3 is 5.92 Å². The van der Waals surface area contributed by atoms with Crippen LogP contribution in [0.4, 0.5) is 8.78 Å². The molecule has 0 radical (unpaired) electrons. The van der Waals surface area contributed by atoms with Crippen molar-refractivity contribution in [2.75, 3.05) is 0 Å².